The lowest BCUT2D eigenvalue weighted by Crippen LogP contribution is -2.23. The predicted molar refractivity (Wildman–Crippen MR) is 92.7 cm³/mol. The van der Waals surface area contributed by atoms with Crippen LogP contribution in [0, 0.1) is 0 Å². The van der Waals surface area contributed by atoms with E-state index >= 15 is 0 Å². The van der Waals surface area contributed by atoms with Crippen LogP contribution >= 0.6 is 0 Å². The van der Waals surface area contributed by atoms with Crippen molar-refractivity contribution in [2.24, 2.45) is 0 Å². The normalized spacial score (nSPS) is 21.3. The van der Waals surface area contributed by atoms with E-state index in [1.165, 1.54) is 11.6 Å². The van der Waals surface area contributed by atoms with E-state index in [2.05, 4.69) is 31.2 Å². The lowest BCUT2D eigenvalue weighted by atomic mass is 9.83. The van der Waals surface area contributed by atoms with Crippen molar-refractivity contribution in [2.45, 2.75) is 64.4 Å². The molecule has 126 valence electrons. The van der Waals surface area contributed by atoms with Crippen LogP contribution in [0.3, 0.4) is 0 Å². The maximum Gasteiger partial charge on any atom is 0.330 e. The molecule has 0 radical (unpaired) electrons. The Morgan fingerprint density at radius 1 is 1.17 bits per heavy atom. The van der Waals surface area contributed by atoms with E-state index in [-0.39, 0.29) is 12.1 Å². The van der Waals surface area contributed by atoms with Gasteiger partial charge >= 0.3 is 5.97 Å². The zero-order chi connectivity index (χ0) is 16.5. The molecule has 1 aromatic carbocycles. The summed E-state index contributed by atoms with van der Waals surface area (Å²) in [6.07, 6.45) is 9.57. The van der Waals surface area contributed by atoms with Crippen LogP contribution in [0.25, 0.3) is 0 Å². The van der Waals surface area contributed by atoms with Crippen LogP contribution in [-0.2, 0) is 9.53 Å². The van der Waals surface area contributed by atoms with E-state index in [9.17, 15) is 4.79 Å². The molecule has 0 heterocycles. The quantitative estimate of drug-likeness (QED) is 0.403. The van der Waals surface area contributed by atoms with Gasteiger partial charge in [0.1, 0.15) is 11.9 Å². The van der Waals surface area contributed by atoms with Gasteiger partial charge in [0, 0.05) is 6.08 Å². The molecule has 1 aliphatic rings. The first-order valence-corrected chi connectivity index (χ1v) is 8.79. The molecule has 2 rings (SSSR count). The molecule has 3 nitrogen and oxygen atoms in total. The van der Waals surface area contributed by atoms with Crippen molar-refractivity contribution < 1.29 is 14.3 Å². The van der Waals surface area contributed by atoms with Crippen molar-refractivity contribution in [2.75, 3.05) is 6.61 Å². The molecule has 0 bridgehead atoms. The summed E-state index contributed by atoms with van der Waals surface area (Å²) in [6, 6.07) is 8.50. The Kier molecular flexibility index (Phi) is 7.18. The van der Waals surface area contributed by atoms with Gasteiger partial charge in [0.05, 0.1) is 6.61 Å². The summed E-state index contributed by atoms with van der Waals surface area (Å²) in [7, 11) is 0. The minimum atomic E-state index is -0.218. The van der Waals surface area contributed by atoms with Gasteiger partial charge in [0.25, 0.3) is 0 Å². The number of unbranched alkanes of at least 4 members (excludes halogenated alkanes) is 1. The molecule has 0 amide bonds. The molecule has 1 aromatic rings. The molecule has 1 fully saturated rings. The van der Waals surface area contributed by atoms with Crippen molar-refractivity contribution in [3.8, 4) is 5.75 Å². The smallest absolute Gasteiger partial charge is 0.330 e. The van der Waals surface area contributed by atoms with Crippen molar-refractivity contribution in [1.82, 2.24) is 0 Å². The first-order chi connectivity index (χ1) is 11.2. The van der Waals surface area contributed by atoms with Gasteiger partial charge in [0.2, 0.25) is 0 Å². The van der Waals surface area contributed by atoms with Crippen molar-refractivity contribution in [1.29, 1.82) is 0 Å². The molecular weight excluding hydrogens is 288 g/mol. The second-order valence-corrected chi connectivity index (χ2v) is 6.18. The third kappa shape index (κ3) is 5.74. The molecule has 1 aliphatic carbocycles. The highest BCUT2D eigenvalue weighted by Gasteiger charge is 2.24. The fourth-order valence-electron chi connectivity index (χ4n) is 3.02. The second kappa shape index (κ2) is 9.39. The van der Waals surface area contributed by atoms with Crippen molar-refractivity contribution >= 4 is 5.97 Å². The van der Waals surface area contributed by atoms with Crippen LogP contribution in [0.5, 0.6) is 5.75 Å². The van der Waals surface area contributed by atoms with Gasteiger partial charge in [-0.25, -0.2) is 4.79 Å². The minimum Gasteiger partial charge on any atom is -0.494 e. The number of ether oxygens (including phenoxy) is 2. The third-order valence-corrected chi connectivity index (χ3v) is 4.38. The Balaban J connectivity index is 1.79. The van der Waals surface area contributed by atoms with Crippen LogP contribution in [0.2, 0.25) is 0 Å². The van der Waals surface area contributed by atoms with Crippen molar-refractivity contribution in [3.63, 3.8) is 0 Å². The van der Waals surface area contributed by atoms with Gasteiger partial charge in [-0.05, 0) is 62.6 Å². The van der Waals surface area contributed by atoms with Crippen molar-refractivity contribution in [3.05, 3.63) is 42.0 Å². The monoisotopic (exact) mass is 316 g/mol. The zero-order valence-corrected chi connectivity index (χ0v) is 14.3. The maximum atomic E-state index is 11.5. The lowest BCUT2D eigenvalue weighted by molar-refractivity contribution is -0.144. The molecule has 1 saturated carbocycles. The molecule has 0 aliphatic heterocycles. The molecule has 0 unspecified atom stereocenters. The van der Waals surface area contributed by atoms with Gasteiger partial charge in [-0.1, -0.05) is 31.6 Å². The fourth-order valence-corrected chi connectivity index (χ4v) is 3.02. The number of esters is 1. The Morgan fingerprint density at radius 2 is 1.87 bits per heavy atom. The van der Waals surface area contributed by atoms with Crippen LogP contribution in [-0.4, -0.2) is 18.7 Å². The van der Waals surface area contributed by atoms with E-state index in [1.807, 2.05) is 6.92 Å². The number of hydrogen-bond acceptors (Lipinski definition) is 3. The fraction of sp³-hybridized carbons (Fsp3) is 0.550. The van der Waals surface area contributed by atoms with Gasteiger partial charge in [-0.2, -0.15) is 0 Å². The maximum absolute atomic E-state index is 11.5. The molecule has 0 atom stereocenters. The average Bonchev–Trinajstić information content (AvgIpc) is 2.57. The van der Waals surface area contributed by atoms with E-state index in [4.69, 9.17) is 9.47 Å². The summed E-state index contributed by atoms with van der Waals surface area (Å²) in [6.45, 7) is 4.78. The number of rotatable bonds is 7. The first-order valence-electron chi connectivity index (χ1n) is 8.79. The summed E-state index contributed by atoms with van der Waals surface area (Å²) >= 11 is 0. The van der Waals surface area contributed by atoms with Crippen LogP contribution in [0.4, 0.5) is 0 Å². The Labute approximate surface area is 139 Å². The average molecular weight is 316 g/mol. The third-order valence-electron chi connectivity index (χ3n) is 4.38. The van der Waals surface area contributed by atoms with Crippen LogP contribution < -0.4 is 4.74 Å². The number of allylic oxidation sites excluding steroid dienone is 1. The van der Waals surface area contributed by atoms with E-state index < -0.39 is 0 Å². The molecule has 0 spiro atoms. The minimum absolute atomic E-state index is 0.0756. The number of carbonyl (C=O) groups is 1. The SMILES string of the molecule is CC=CC(=O)OC1CCC(c2ccc(OCCCC)cc2)CC1. The summed E-state index contributed by atoms with van der Waals surface area (Å²) in [4.78, 5) is 11.5. The first kappa shape index (κ1) is 17.6. The number of benzene rings is 1. The highest BCUT2D eigenvalue weighted by molar-refractivity contribution is 5.81. The van der Waals surface area contributed by atoms with Gasteiger partial charge in [-0.15, -0.1) is 0 Å². The van der Waals surface area contributed by atoms with Gasteiger partial charge < -0.3 is 9.47 Å². The molecule has 0 aromatic heterocycles. The largest absolute Gasteiger partial charge is 0.494 e. The Bertz CT molecular complexity index is 496. The van der Waals surface area contributed by atoms with Crippen LogP contribution in [0.15, 0.2) is 36.4 Å². The topological polar surface area (TPSA) is 35.5 Å². The molecule has 0 saturated heterocycles. The van der Waals surface area contributed by atoms with Crippen LogP contribution in [0.1, 0.15) is 63.9 Å². The van der Waals surface area contributed by atoms with E-state index in [0.29, 0.717) is 5.92 Å². The molecule has 0 N–H and O–H groups in total. The highest BCUT2D eigenvalue weighted by Crippen LogP contribution is 2.34. The highest BCUT2D eigenvalue weighted by atomic mass is 16.5. The van der Waals surface area contributed by atoms with Gasteiger partial charge in [-0.3, -0.25) is 0 Å². The predicted octanol–water partition coefficient (Wildman–Crippen LogP) is 5.01. The zero-order valence-electron chi connectivity index (χ0n) is 14.3. The summed E-state index contributed by atoms with van der Waals surface area (Å²) in [5.74, 6) is 1.30. The van der Waals surface area contributed by atoms with E-state index in [0.717, 1.165) is 50.9 Å². The number of hydrogen-bond donors (Lipinski definition) is 0. The summed E-state index contributed by atoms with van der Waals surface area (Å²) in [5, 5.41) is 0. The van der Waals surface area contributed by atoms with E-state index in [1.54, 1.807) is 6.08 Å². The summed E-state index contributed by atoms with van der Waals surface area (Å²) in [5.41, 5.74) is 1.37. The standard InChI is InChI=1S/C20H28O3/c1-3-5-15-22-18-11-7-16(8-12-18)17-9-13-19(14-10-17)23-20(21)6-4-2/h4,6-8,11-12,17,19H,3,5,9-10,13-15H2,1-2H3. The summed E-state index contributed by atoms with van der Waals surface area (Å²) < 4.78 is 11.2. The number of carbonyl (C=O) groups excluding carboxylic acids is 1. The molecular formula is C20H28O3. The Hall–Kier alpha value is -1.77. The second-order valence-electron chi connectivity index (χ2n) is 6.18. The Morgan fingerprint density at radius 3 is 2.48 bits per heavy atom. The molecule has 23 heavy (non-hydrogen) atoms. The lowest BCUT2D eigenvalue weighted by Gasteiger charge is -2.28. The molecule has 3 heteroatoms. The van der Waals surface area contributed by atoms with Gasteiger partial charge in [0.15, 0.2) is 0 Å².